The third-order valence-electron chi connectivity index (χ3n) is 5.03. The van der Waals surface area contributed by atoms with Crippen LogP contribution in [0.25, 0.3) is 0 Å². The number of carbonyl (C=O) groups is 1. The van der Waals surface area contributed by atoms with Gasteiger partial charge in [-0.15, -0.1) is 0 Å². The van der Waals surface area contributed by atoms with E-state index in [1.165, 1.54) is 43.2 Å². The van der Waals surface area contributed by atoms with Gasteiger partial charge in [0.1, 0.15) is 11.6 Å². The van der Waals surface area contributed by atoms with Gasteiger partial charge in [-0.1, -0.05) is 30.1 Å². The van der Waals surface area contributed by atoms with Crippen molar-refractivity contribution in [2.24, 2.45) is 16.8 Å². The second-order valence-corrected chi connectivity index (χ2v) is 8.59. The Labute approximate surface area is 184 Å². The van der Waals surface area contributed by atoms with Crippen molar-refractivity contribution in [3.63, 3.8) is 0 Å². The number of carbonyl (C=O) groups excluding carboxylic acids is 1. The number of nitrogens with one attached hydrogen (secondary N) is 2. The Kier molecular flexibility index (Phi) is 7.32. The summed E-state index contributed by atoms with van der Waals surface area (Å²) in [5.74, 6) is -0.401. The van der Waals surface area contributed by atoms with E-state index in [-0.39, 0.29) is 27.6 Å². The lowest BCUT2D eigenvalue weighted by Crippen LogP contribution is -2.37. The molecule has 1 aliphatic rings. The average Bonchev–Trinajstić information content (AvgIpc) is 3.48. The van der Waals surface area contributed by atoms with E-state index in [1.807, 2.05) is 6.92 Å². The minimum atomic E-state index is -0.695. The fourth-order valence-corrected chi connectivity index (χ4v) is 3.68. The van der Waals surface area contributed by atoms with Gasteiger partial charge >= 0.3 is 0 Å². The van der Waals surface area contributed by atoms with Gasteiger partial charge in [0.05, 0.1) is 11.1 Å². The molecule has 30 heavy (non-hydrogen) atoms. The zero-order valence-electron chi connectivity index (χ0n) is 16.7. The molecule has 1 fully saturated rings. The smallest absolute Gasteiger partial charge is 0.258 e. The fourth-order valence-electron chi connectivity index (χ4n) is 3.34. The van der Waals surface area contributed by atoms with Gasteiger partial charge in [-0.2, -0.15) is 0 Å². The Balaban J connectivity index is 1.80. The van der Waals surface area contributed by atoms with Crippen LogP contribution in [0, 0.1) is 23.5 Å². The third-order valence-corrected chi connectivity index (χ3v) is 5.55. The maximum atomic E-state index is 13.7. The number of benzene rings is 2. The van der Waals surface area contributed by atoms with Crippen LogP contribution in [-0.2, 0) is 0 Å². The summed E-state index contributed by atoms with van der Waals surface area (Å²) in [6.45, 7) is 4.14. The highest BCUT2D eigenvalue weighted by Crippen LogP contribution is 2.38. The minimum Gasteiger partial charge on any atom is -0.326 e. The van der Waals surface area contributed by atoms with Crippen LogP contribution in [0.3, 0.4) is 0 Å². The van der Waals surface area contributed by atoms with E-state index in [1.54, 1.807) is 0 Å². The zero-order chi connectivity index (χ0) is 21.8. The highest BCUT2D eigenvalue weighted by atomic mass is 35.5. The number of rotatable bonds is 6. The number of guanidine groups is 1. The second-order valence-electron chi connectivity index (χ2n) is 7.74. The molecule has 2 N–H and O–H groups in total. The summed E-state index contributed by atoms with van der Waals surface area (Å²) in [6.07, 6.45) is 3.33. The molecular weight excluding hydrogens is 431 g/mol. The first-order chi connectivity index (χ1) is 14.2. The molecule has 4 nitrogen and oxygen atoms in total. The maximum Gasteiger partial charge on any atom is 0.258 e. The van der Waals surface area contributed by atoms with Crippen LogP contribution < -0.4 is 10.6 Å². The largest absolute Gasteiger partial charge is 0.326 e. The molecular formula is C22H23Cl2F2N3O. The molecule has 1 saturated carbocycles. The van der Waals surface area contributed by atoms with Crippen molar-refractivity contribution in [2.45, 2.75) is 39.2 Å². The number of amides is 1. The Morgan fingerprint density at radius 3 is 2.53 bits per heavy atom. The molecule has 0 spiro atoms. The van der Waals surface area contributed by atoms with Gasteiger partial charge in [0.2, 0.25) is 5.96 Å². The molecule has 2 aromatic rings. The monoisotopic (exact) mass is 453 g/mol. The normalized spacial score (nSPS) is 16.1. The van der Waals surface area contributed by atoms with Crippen LogP contribution in [0.15, 0.2) is 41.4 Å². The Morgan fingerprint density at radius 2 is 1.90 bits per heavy atom. The van der Waals surface area contributed by atoms with Gasteiger partial charge in [-0.05, 0) is 74.4 Å². The Hall–Kier alpha value is -2.18. The lowest BCUT2D eigenvalue weighted by atomic mass is 9.98. The molecule has 2 aromatic carbocycles. The molecule has 2 atom stereocenters. The molecule has 0 aliphatic heterocycles. The summed E-state index contributed by atoms with van der Waals surface area (Å²) in [6, 6.07) is 7.62. The van der Waals surface area contributed by atoms with E-state index in [4.69, 9.17) is 23.2 Å². The quantitative estimate of drug-likeness (QED) is 0.398. The van der Waals surface area contributed by atoms with E-state index < -0.39 is 17.5 Å². The molecule has 0 radical (unpaired) electrons. The highest BCUT2D eigenvalue weighted by Gasteiger charge is 2.28. The van der Waals surface area contributed by atoms with Gasteiger partial charge in [-0.3, -0.25) is 10.1 Å². The number of halogens is 4. The molecule has 2 unspecified atom stereocenters. The van der Waals surface area contributed by atoms with Gasteiger partial charge in [0.15, 0.2) is 0 Å². The lowest BCUT2D eigenvalue weighted by molar-refractivity contribution is 0.0976. The third kappa shape index (κ3) is 6.41. The number of nitrogens with zero attached hydrogens (tertiary/aromatic N) is 1. The van der Waals surface area contributed by atoms with Crippen molar-refractivity contribution < 1.29 is 13.6 Å². The van der Waals surface area contributed by atoms with Gasteiger partial charge in [0, 0.05) is 16.3 Å². The van der Waals surface area contributed by atoms with Crippen molar-refractivity contribution in [1.29, 1.82) is 0 Å². The molecule has 0 bridgehead atoms. The fraction of sp³-hybridized carbons (Fsp3) is 0.364. The summed E-state index contributed by atoms with van der Waals surface area (Å²) >= 11 is 11.6. The number of hydrogen-bond donors (Lipinski definition) is 2. The van der Waals surface area contributed by atoms with Crippen molar-refractivity contribution in [3.8, 4) is 0 Å². The molecule has 0 aromatic heterocycles. The van der Waals surface area contributed by atoms with Crippen LogP contribution in [0.2, 0.25) is 10.0 Å². The van der Waals surface area contributed by atoms with Gasteiger partial charge < -0.3 is 5.32 Å². The first-order valence-electron chi connectivity index (χ1n) is 9.78. The number of aliphatic imine (C=N–C) groups is 1. The summed E-state index contributed by atoms with van der Waals surface area (Å²) < 4.78 is 27.4. The van der Waals surface area contributed by atoms with Gasteiger partial charge in [0.25, 0.3) is 5.91 Å². The van der Waals surface area contributed by atoms with Gasteiger partial charge in [-0.25, -0.2) is 13.8 Å². The van der Waals surface area contributed by atoms with Crippen LogP contribution in [0.5, 0.6) is 0 Å². The molecule has 160 valence electrons. The van der Waals surface area contributed by atoms with E-state index >= 15 is 0 Å². The number of hydrogen-bond acceptors (Lipinski definition) is 2. The highest BCUT2D eigenvalue weighted by molar-refractivity contribution is 6.31. The van der Waals surface area contributed by atoms with E-state index in [9.17, 15) is 13.6 Å². The van der Waals surface area contributed by atoms with E-state index in [2.05, 4.69) is 22.5 Å². The topological polar surface area (TPSA) is 53.5 Å². The summed E-state index contributed by atoms with van der Waals surface area (Å²) in [5.41, 5.74) is 0.423. The standard InChI is InChI=1S/C22H23Cl2F2N3O/c1-12(14-3-4-14)7-13(2)27-22(28-18-10-16(23)9-17(25)11-18)29-21(30)15-5-6-19(24)20(26)8-15/h5-6,8-14H,3-4,7H2,1-2H3,(H2,27,28,29,30). The van der Waals surface area contributed by atoms with Crippen molar-refractivity contribution in [3.05, 3.63) is 63.6 Å². The Morgan fingerprint density at radius 1 is 1.17 bits per heavy atom. The maximum absolute atomic E-state index is 13.7. The SMILES string of the molecule is CC(CC(C)C1CC1)N=C(NC(=O)c1ccc(Cl)c(F)c1)Nc1cc(F)cc(Cl)c1. The molecule has 3 rings (SSSR count). The average molecular weight is 454 g/mol. The summed E-state index contributed by atoms with van der Waals surface area (Å²) in [5, 5.41) is 5.68. The lowest BCUT2D eigenvalue weighted by Gasteiger charge is -2.17. The molecule has 8 heteroatoms. The predicted octanol–water partition coefficient (Wildman–Crippen LogP) is 6.29. The van der Waals surface area contributed by atoms with Crippen LogP contribution in [0.1, 0.15) is 43.5 Å². The Bertz CT molecular complexity index is 943. The molecule has 0 heterocycles. The van der Waals surface area contributed by atoms with Crippen molar-refractivity contribution >= 4 is 40.8 Å². The molecule has 1 amide bonds. The van der Waals surface area contributed by atoms with Crippen LogP contribution >= 0.6 is 23.2 Å². The first kappa shape index (κ1) is 22.5. The zero-order valence-corrected chi connectivity index (χ0v) is 18.2. The minimum absolute atomic E-state index is 0.0735. The molecule has 0 saturated heterocycles. The first-order valence-corrected chi connectivity index (χ1v) is 10.5. The number of anilines is 1. The molecule has 1 aliphatic carbocycles. The van der Waals surface area contributed by atoms with E-state index in [0.717, 1.165) is 18.4 Å². The predicted molar refractivity (Wildman–Crippen MR) is 117 cm³/mol. The van der Waals surface area contributed by atoms with Crippen molar-refractivity contribution in [2.75, 3.05) is 5.32 Å². The van der Waals surface area contributed by atoms with Crippen molar-refractivity contribution in [1.82, 2.24) is 5.32 Å². The van der Waals surface area contributed by atoms with E-state index in [0.29, 0.717) is 11.6 Å². The summed E-state index contributed by atoms with van der Waals surface area (Å²) in [7, 11) is 0. The summed E-state index contributed by atoms with van der Waals surface area (Å²) in [4.78, 5) is 17.2. The van der Waals surface area contributed by atoms with Crippen LogP contribution in [-0.4, -0.2) is 17.9 Å². The van der Waals surface area contributed by atoms with Crippen LogP contribution in [0.4, 0.5) is 14.5 Å². The second kappa shape index (κ2) is 9.75.